The van der Waals surface area contributed by atoms with Gasteiger partial charge in [-0.2, -0.15) is 0 Å². The van der Waals surface area contributed by atoms with Gasteiger partial charge in [-0.05, 0) is 25.0 Å². The zero-order valence-electron chi connectivity index (χ0n) is 11.3. The Labute approximate surface area is 114 Å². The van der Waals surface area contributed by atoms with Crippen molar-refractivity contribution in [3.63, 3.8) is 0 Å². The van der Waals surface area contributed by atoms with Gasteiger partial charge in [-0.1, -0.05) is 0 Å². The molecule has 1 fully saturated rings. The number of nitrogens with zero attached hydrogens (tertiary/aromatic N) is 1. The SMILES string of the molecule is CS(=O)(=O)CCNCCN(Cc1ccco1)C1CC1. The minimum atomic E-state index is -2.86. The Balaban J connectivity index is 1.67. The van der Waals surface area contributed by atoms with Crippen molar-refractivity contribution in [2.24, 2.45) is 0 Å². The van der Waals surface area contributed by atoms with Crippen LogP contribution in [-0.2, 0) is 16.4 Å². The lowest BCUT2D eigenvalue weighted by Crippen LogP contribution is -2.34. The van der Waals surface area contributed by atoms with Crippen LogP contribution < -0.4 is 5.32 Å². The minimum absolute atomic E-state index is 0.203. The van der Waals surface area contributed by atoms with Crippen LogP contribution in [0.3, 0.4) is 0 Å². The Bertz CT molecular complexity index is 466. The molecule has 6 heteroatoms. The van der Waals surface area contributed by atoms with Crippen molar-refractivity contribution >= 4 is 9.84 Å². The average molecular weight is 286 g/mol. The van der Waals surface area contributed by atoms with Crippen molar-refractivity contribution in [2.45, 2.75) is 25.4 Å². The second-order valence-electron chi connectivity index (χ2n) is 5.16. The van der Waals surface area contributed by atoms with E-state index in [-0.39, 0.29) is 5.75 Å². The molecule has 1 aliphatic rings. The molecule has 5 nitrogen and oxygen atoms in total. The molecule has 0 amide bonds. The summed E-state index contributed by atoms with van der Waals surface area (Å²) in [6, 6.07) is 4.57. The highest BCUT2D eigenvalue weighted by atomic mass is 32.2. The summed E-state index contributed by atoms with van der Waals surface area (Å²) in [7, 11) is -2.86. The lowest BCUT2D eigenvalue weighted by Gasteiger charge is -2.20. The number of rotatable bonds is 9. The Kier molecular flexibility index (Phi) is 5.01. The first-order valence-corrected chi connectivity index (χ1v) is 8.75. The highest BCUT2D eigenvalue weighted by molar-refractivity contribution is 7.90. The third-order valence-electron chi connectivity index (χ3n) is 3.23. The molecule has 108 valence electrons. The molecular formula is C13H22N2O3S. The van der Waals surface area contributed by atoms with Gasteiger partial charge in [0.1, 0.15) is 15.6 Å². The summed E-state index contributed by atoms with van der Waals surface area (Å²) in [6.45, 7) is 3.10. The van der Waals surface area contributed by atoms with Gasteiger partial charge in [0.05, 0.1) is 18.6 Å². The second-order valence-corrected chi connectivity index (χ2v) is 7.42. The lowest BCUT2D eigenvalue weighted by molar-refractivity contribution is 0.234. The Morgan fingerprint density at radius 2 is 2.21 bits per heavy atom. The number of nitrogens with one attached hydrogen (secondary N) is 1. The van der Waals surface area contributed by atoms with Gasteiger partial charge in [0.15, 0.2) is 0 Å². The average Bonchev–Trinajstić information content (AvgIpc) is 3.04. The first-order chi connectivity index (χ1) is 9.04. The molecule has 0 saturated heterocycles. The molecule has 1 aromatic heterocycles. The van der Waals surface area contributed by atoms with Crippen LogP contribution in [0.4, 0.5) is 0 Å². The quantitative estimate of drug-likeness (QED) is 0.683. The van der Waals surface area contributed by atoms with Gasteiger partial charge in [-0.25, -0.2) is 8.42 Å². The molecule has 1 aromatic rings. The Morgan fingerprint density at radius 3 is 2.79 bits per heavy atom. The zero-order valence-corrected chi connectivity index (χ0v) is 12.2. The van der Waals surface area contributed by atoms with E-state index in [0.29, 0.717) is 12.6 Å². The summed E-state index contributed by atoms with van der Waals surface area (Å²) >= 11 is 0. The Hall–Kier alpha value is -0.850. The van der Waals surface area contributed by atoms with Crippen LogP contribution in [0, 0.1) is 0 Å². The van der Waals surface area contributed by atoms with Crippen molar-refractivity contribution in [3.8, 4) is 0 Å². The molecule has 1 heterocycles. The first-order valence-electron chi connectivity index (χ1n) is 6.69. The van der Waals surface area contributed by atoms with E-state index in [1.807, 2.05) is 12.1 Å². The standard InChI is InChI=1S/C13H22N2O3S/c1-19(16,17)10-7-14-6-8-15(12-4-5-12)11-13-3-2-9-18-13/h2-3,9,12,14H,4-8,10-11H2,1H3. The number of hydrogen-bond acceptors (Lipinski definition) is 5. The van der Waals surface area contributed by atoms with Crippen LogP contribution >= 0.6 is 0 Å². The van der Waals surface area contributed by atoms with Gasteiger partial charge in [0, 0.05) is 31.9 Å². The molecule has 0 bridgehead atoms. The van der Waals surface area contributed by atoms with Crippen LogP contribution in [0.25, 0.3) is 0 Å². The highest BCUT2D eigenvalue weighted by Crippen LogP contribution is 2.27. The molecule has 0 unspecified atom stereocenters. The van der Waals surface area contributed by atoms with Gasteiger partial charge < -0.3 is 9.73 Å². The monoisotopic (exact) mass is 286 g/mol. The van der Waals surface area contributed by atoms with E-state index >= 15 is 0 Å². The predicted octanol–water partition coefficient (Wildman–Crippen LogP) is 0.878. The van der Waals surface area contributed by atoms with Gasteiger partial charge in [0.25, 0.3) is 0 Å². The summed E-state index contributed by atoms with van der Waals surface area (Å²) in [4.78, 5) is 2.40. The third kappa shape index (κ3) is 5.76. The van der Waals surface area contributed by atoms with Crippen molar-refractivity contribution in [1.29, 1.82) is 0 Å². The van der Waals surface area contributed by atoms with E-state index < -0.39 is 9.84 Å². The van der Waals surface area contributed by atoms with E-state index in [9.17, 15) is 8.42 Å². The van der Waals surface area contributed by atoms with Gasteiger partial charge in [0.2, 0.25) is 0 Å². The smallest absolute Gasteiger partial charge is 0.148 e. The van der Waals surface area contributed by atoms with Crippen molar-refractivity contribution in [3.05, 3.63) is 24.2 Å². The van der Waals surface area contributed by atoms with Crippen molar-refractivity contribution in [2.75, 3.05) is 31.6 Å². The van der Waals surface area contributed by atoms with Crippen LogP contribution in [0.2, 0.25) is 0 Å². The summed E-state index contributed by atoms with van der Waals surface area (Å²) in [6.07, 6.45) is 5.47. The highest BCUT2D eigenvalue weighted by Gasteiger charge is 2.28. The second kappa shape index (κ2) is 6.54. The van der Waals surface area contributed by atoms with Crippen molar-refractivity contribution in [1.82, 2.24) is 10.2 Å². The summed E-state index contributed by atoms with van der Waals surface area (Å²) < 4.78 is 27.4. The summed E-state index contributed by atoms with van der Waals surface area (Å²) in [5.41, 5.74) is 0. The molecule has 1 saturated carbocycles. The van der Waals surface area contributed by atoms with E-state index in [0.717, 1.165) is 25.4 Å². The maximum atomic E-state index is 11.0. The maximum Gasteiger partial charge on any atom is 0.148 e. The largest absolute Gasteiger partial charge is 0.468 e. The molecule has 1 N–H and O–H groups in total. The van der Waals surface area contributed by atoms with Gasteiger partial charge in [-0.3, -0.25) is 4.90 Å². The van der Waals surface area contributed by atoms with E-state index in [2.05, 4.69) is 10.2 Å². The zero-order chi connectivity index (χ0) is 13.7. The van der Waals surface area contributed by atoms with Crippen LogP contribution in [0.5, 0.6) is 0 Å². The van der Waals surface area contributed by atoms with Crippen molar-refractivity contribution < 1.29 is 12.8 Å². The third-order valence-corrected chi connectivity index (χ3v) is 4.17. The normalized spacial score (nSPS) is 16.1. The van der Waals surface area contributed by atoms with E-state index in [1.165, 1.54) is 19.1 Å². The number of furan rings is 1. The molecule has 19 heavy (non-hydrogen) atoms. The number of hydrogen-bond donors (Lipinski definition) is 1. The van der Waals surface area contributed by atoms with E-state index in [1.54, 1.807) is 6.26 Å². The van der Waals surface area contributed by atoms with Gasteiger partial charge >= 0.3 is 0 Å². The van der Waals surface area contributed by atoms with E-state index in [4.69, 9.17) is 4.42 Å². The molecule has 2 rings (SSSR count). The Morgan fingerprint density at radius 1 is 1.42 bits per heavy atom. The maximum absolute atomic E-state index is 11.0. The lowest BCUT2D eigenvalue weighted by atomic mass is 10.3. The fraction of sp³-hybridized carbons (Fsp3) is 0.692. The molecule has 0 atom stereocenters. The fourth-order valence-electron chi connectivity index (χ4n) is 2.04. The predicted molar refractivity (Wildman–Crippen MR) is 74.7 cm³/mol. The first kappa shape index (κ1) is 14.6. The van der Waals surface area contributed by atoms with Crippen LogP contribution in [0.1, 0.15) is 18.6 Å². The molecule has 0 aromatic carbocycles. The topological polar surface area (TPSA) is 62.6 Å². The molecule has 0 aliphatic heterocycles. The summed E-state index contributed by atoms with van der Waals surface area (Å²) in [5, 5.41) is 3.18. The molecule has 1 aliphatic carbocycles. The fourth-order valence-corrected chi connectivity index (χ4v) is 2.55. The number of sulfone groups is 1. The van der Waals surface area contributed by atoms with Gasteiger partial charge in [-0.15, -0.1) is 0 Å². The summed E-state index contributed by atoms with van der Waals surface area (Å²) in [5.74, 6) is 1.19. The molecule has 0 radical (unpaired) electrons. The molecular weight excluding hydrogens is 264 g/mol. The van der Waals surface area contributed by atoms with Crippen LogP contribution in [-0.4, -0.2) is 51.0 Å². The molecule has 0 spiro atoms. The van der Waals surface area contributed by atoms with Crippen LogP contribution in [0.15, 0.2) is 22.8 Å². The minimum Gasteiger partial charge on any atom is -0.468 e.